The normalized spacial score (nSPS) is 25.5. The first-order valence-corrected chi connectivity index (χ1v) is 9.11. The third kappa shape index (κ3) is 2.76. The highest BCUT2D eigenvalue weighted by atomic mass is 35.5. The lowest BCUT2D eigenvalue weighted by Gasteiger charge is -2.34. The molecule has 8 heteroatoms. The molecule has 1 unspecified atom stereocenters. The number of aromatic nitrogens is 2. The molecular weight excluding hydrogens is 336 g/mol. The number of hydrogen-bond acceptors (Lipinski definition) is 7. The minimum atomic E-state index is -0.263. The summed E-state index contributed by atoms with van der Waals surface area (Å²) < 4.78 is 6.58. The Kier molecular flexibility index (Phi) is 4.05. The topological polar surface area (TPSA) is 61.7 Å². The second-order valence-corrected chi connectivity index (χ2v) is 7.34. The zero-order valence-corrected chi connectivity index (χ0v) is 14.5. The van der Waals surface area contributed by atoms with Crippen LogP contribution < -0.4 is 9.80 Å². The van der Waals surface area contributed by atoms with Crippen molar-refractivity contribution in [2.75, 3.05) is 42.6 Å². The number of aliphatic hydroxyl groups excluding tert-OH is 1. The first kappa shape index (κ1) is 15.4. The van der Waals surface area contributed by atoms with Gasteiger partial charge in [-0.1, -0.05) is 0 Å². The highest BCUT2D eigenvalue weighted by Gasteiger charge is 2.27. The van der Waals surface area contributed by atoms with Gasteiger partial charge in [-0.25, -0.2) is 4.98 Å². The number of anilines is 2. The summed E-state index contributed by atoms with van der Waals surface area (Å²) in [6.45, 7) is 5.82. The molecule has 2 aliphatic heterocycles. The number of morpholine rings is 1. The van der Waals surface area contributed by atoms with Gasteiger partial charge in [0.05, 0.1) is 35.7 Å². The van der Waals surface area contributed by atoms with Crippen LogP contribution in [-0.2, 0) is 4.74 Å². The van der Waals surface area contributed by atoms with Crippen LogP contribution in [0.1, 0.15) is 13.3 Å². The zero-order valence-electron chi connectivity index (χ0n) is 12.9. The molecule has 2 saturated heterocycles. The standard InChI is InChI=1S/C15H19ClN4O2S/c1-9-7-22-5-4-20(9)14-13-12(17-15(16)18-14)11(8-23-13)19-3-2-10(21)6-19/h8-10,21H,2-7H2,1H3/t9-,10?/m1/s1. The molecular formula is C15H19ClN4O2S. The predicted octanol–water partition coefficient (Wildman–Crippen LogP) is 2.14. The van der Waals surface area contributed by atoms with E-state index in [-0.39, 0.29) is 17.4 Å². The Labute approximate surface area is 143 Å². The molecule has 124 valence electrons. The largest absolute Gasteiger partial charge is 0.391 e. The van der Waals surface area contributed by atoms with Gasteiger partial charge in [0.25, 0.3) is 0 Å². The van der Waals surface area contributed by atoms with Crippen molar-refractivity contribution < 1.29 is 9.84 Å². The van der Waals surface area contributed by atoms with E-state index in [4.69, 9.17) is 16.3 Å². The van der Waals surface area contributed by atoms with E-state index in [0.717, 1.165) is 41.2 Å². The molecule has 23 heavy (non-hydrogen) atoms. The molecule has 0 bridgehead atoms. The van der Waals surface area contributed by atoms with Crippen molar-refractivity contribution in [3.63, 3.8) is 0 Å². The summed E-state index contributed by atoms with van der Waals surface area (Å²) >= 11 is 7.86. The number of thiophene rings is 1. The van der Waals surface area contributed by atoms with E-state index < -0.39 is 0 Å². The van der Waals surface area contributed by atoms with Crippen LogP contribution in [0.15, 0.2) is 5.38 Å². The van der Waals surface area contributed by atoms with Crippen molar-refractivity contribution in [3.05, 3.63) is 10.7 Å². The number of ether oxygens (including phenoxy) is 1. The second kappa shape index (κ2) is 6.05. The van der Waals surface area contributed by atoms with Gasteiger partial charge in [-0.05, 0) is 24.9 Å². The lowest BCUT2D eigenvalue weighted by molar-refractivity contribution is 0.0987. The van der Waals surface area contributed by atoms with E-state index >= 15 is 0 Å². The summed E-state index contributed by atoms with van der Waals surface area (Å²) in [5.74, 6) is 0.895. The van der Waals surface area contributed by atoms with Gasteiger partial charge in [0.15, 0.2) is 5.82 Å². The lowest BCUT2D eigenvalue weighted by Crippen LogP contribution is -2.44. The Morgan fingerprint density at radius 2 is 2.26 bits per heavy atom. The van der Waals surface area contributed by atoms with Crippen LogP contribution >= 0.6 is 22.9 Å². The van der Waals surface area contributed by atoms with Gasteiger partial charge >= 0.3 is 0 Å². The lowest BCUT2D eigenvalue weighted by atomic mass is 10.2. The molecule has 0 radical (unpaired) electrons. The number of rotatable bonds is 2. The van der Waals surface area contributed by atoms with Crippen LogP contribution in [0.2, 0.25) is 5.28 Å². The summed E-state index contributed by atoms with van der Waals surface area (Å²) in [7, 11) is 0. The predicted molar refractivity (Wildman–Crippen MR) is 92.9 cm³/mol. The van der Waals surface area contributed by atoms with Crippen LogP contribution in [-0.4, -0.2) is 60.1 Å². The van der Waals surface area contributed by atoms with Crippen molar-refractivity contribution in [1.82, 2.24) is 9.97 Å². The monoisotopic (exact) mass is 354 g/mol. The first-order valence-electron chi connectivity index (χ1n) is 7.85. The Morgan fingerprint density at radius 1 is 1.39 bits per heavy atom. The van der Waals surface area contributed by atoms with E-state index in [9.17, 15) is 5.11 Å². The van der Waals surface area contributed by atoms with Gasteiger partial charge in [-0.2, -0.15) is 4.98 Å². The SMILES string of the molecule is C[C@@H]1COCCN1c1nc(Cl)nc2c(N3CCC(O)C3)csc12. The maximum absolute atomic E-state index is 9.80. The van der Waals surface area contributed by atoms with E-state index in [1.165, 1.54) is 0 Å². The summed E-state index contributed by atoms with van der Waals surface area (Å²) in [5, 5.41) is 12.2. The van der Waals surface area contributed by atoms with Crippen LogP contribution in [0.25, 0.3) is 10.2 Å². The van der Waals surface area contributed by atoms with Crippen LogP contribution in [0.5, 0.6) is 0 Å². The zero-order chi connectivity index (χ0) is 16.0. The van der Waals surface area contributed by atoms with E-state index in [0.29, 0.717) is 19.8 Å². The number of nitrogens with zero attached hydrogens (tertiary/aromatic N) is 4. The molecule has 6 nitrogen and oxygen atoms in total. The minimum absolute atomic E-state index is 0.261. The van der Waals surface area contributed by atoms with Crippen molar-refractivity contribution in [2.45, 2.75) is 25.5 Å². The fourth-order valence-electron chi connectivity index (χ4n) is 3.29. The van der Waals surface area contributed by atoms with Crippen molar-refractivity contribution in [3.8, 4) is 0 Å². The molecule has 4 rings (SSSR count). The van der Waals surface area contributed by atoms with Crippen molar-refractivity contribution >= 4 is 44.7 Å². The highest BCUT2D eigenvalue weighted by molar-refractivity contribution is 7.18. The molecule has 0 amide bonds. The summed E-state index contributed by atoms with van der Waals surface area (Å²) in [4.78, 5) is 13.4. The van der Waals surface area contributed by atoms with Gasteiger partial charge in [0.2, 0.25) is 5.28 Å². The molecule has 2 aromatic rings. The number of hydrogen-bond donors (Lipinski definition) is 1. The Bertz CT molecular complexity index is 725. The average Bonchev–Trinajstić information content (AvgIpc) is 3.13. The minimum Gasteiger partial charge on any atom is -0.391 e. The molecule has 2 aliphatic rings. The van der Waals surface area contributed by atoms with Crippen molar-refractivity contribution in [2.24, 2.45) is 0 Å². The Morgan fingerprint density at radius 3 is 3.00 bits per heavy atom. The fraction of sp³-hybridized carbons (Fsp3) is 0.600. The van der Waals surface area contributed by atoms with Crippen LogP contribution in [0.4, 0.5) is 11.5 Å². The average molecular weight is 355 g/mol. The Hall–Kier alpha value is -1.15. The summed E-state index contributed by atoms with van der Waals surface area (Å²) in [5.41, 5.74) is 1.94. The quantitative estimate of drug-likeness (QED) is 0.834. The second-order valence-electron chi connectivity index (χ2n) is 6.12. The summed E-state index contributed by atoms with van der Waals surface area (Å²) in [6.07, 6.45) is 0.532. The third-order valence-electron chi connectivity index (χ3n) is 4.50. The van der Waals surface area contributed by atoms with Gasteiger partial charge < -0.3 is 19.6 Å². The number of halogens is 1. The molecule has 2 atom stereocenters. The number of β-amino-alcohol motifs (C(OH)–C–C–N with tert-alkyl or cyclic N) is 1. The highest BCUT2D eigenvalue weighted by Crippen LogP contribution is 2.39. The molecule has 1 N–H and O–H groups in total. The summed E-state index contributed by atoms with van der Waals surface area (Å²) in [6, 6.07) is 0.261. The molecule has 0 aliphatic carbocycles. The smallest absolute Gasteiger partial charge is 0.225 e. The van der Waals surface area contributed by atoms with E-state index in [1.807, 2.05) is 0 Å². The fourth-order valence-corrected chi connectivity index (χ4v) is 4.47. The number of fused-ring (bicyclic) bond motifs is 1. The molecule has 2 aromatic heterocycles. The van der Waals surface area contributed by atoms with E-state index in [2.05, 4.69) is 32.1 Å². The number of aliphatic hydroxyl groups is 1. The van der Waals surface area contributed by atoms with Crippen LogP contribution in [0, 0.1) is 0 Å². The van der Waals surface area contributed by atoms with E-state index in [1.54, 1.807) is 11.3 Å². The van der Waals surface area contributed by atoms with Gasteiger partial charge in [0, 0.05) is 25.0 Å². The first-order chi connectivity index (χ1) is 11.1. The maximum atomic E-state index is 9.80. The molecule has 0 spiro atoms. The molecule has 4 heterocycles. The van der Waals surface area contributed by atoms with Gasteiger partial charge in [0.1, 0.15) is 5.52 Å². The molecule has 0 saturated carbocycles. The van der Waals surface area contributed by atoms with Gasteiger partial charge in [-0.15, -0.1) is 11.3 Å². The Balaban J connectivity index is 1.78. The molecule has 2 fully saturated rings. The third-order valence-corrected chi connectivity index (χ3v) is 5.62. The van der Waals surface area contributed by atoms with Gasteiger partial charge in [-0.3, -0.25) is 0 Å². The van der Waals surface area contributed by atoms with Crippen LogP contribution in [0.3, 0.4) is 0 Å². The maximum Gasteiger partial charge on any atom is 0.225 e. The van der Waals surface area contributed by atoms with Crippen molar-refractivity contribution in [1.29, 1.82) is 0 Å². The molecule has 0 aromatic carbocycles.